The number of carbonyl (C=O) groups excluding carboxylic acids is 1. The molecule has 0 bridgehead atoms. The molecule has 2 fully saturated rings. The first-order valence-electron chi connectivity index (χ1n) is 10.5. The number of unbranched alkanes of at least 4 members (excludes halogenated alkanes) is 1. The van der Waals surface area contributed by atoms with Crippen molar-refractivity contribution in [3.05, 3.63) is 31.9 Å². The molecule has 1 aromatic heterocycles. The van der Waals surface area contributed by atoms with Gasteiger partial charge in [-0.2, -0.15) is 5.26 Å². The second-order valence-electron chi connectivity index (χ2n) is 8.06. The molecule has 0 aromatic carbocycles. The van der Waals surface area contributed by atoms with Crippen LogP contribution in [0.1, 0.15) is 50.3 Å². The molecule has 2 saturated heterocycles. The van der Waals surface area contributed by atoms with Gasteiger partial charge in [-0.1, -0.05) is 37.3 Å². The SMILES string of the molecule is CCCCN1C(=O)/C(=C/c2c(C)c(C#N)c(=O)n(C)c2N2CC(C)OC(C)C2)SC1=S. The maximum Gasteiger partial charge on any atom is 0.270 e. The van der Waals surface area contributed by atoms with E-state index in [1.165, 1.54) is 16.3 Å². The van der Waals surface area contributed by atoms with Gasteiger partial charge in [0.1, 0.15) is 21.8 Å². The van der Waals surface area contributed by atoms with Gasteiger partial charge in [0.25, 0.3) is 11.5 Å². The Morgan fingerprint density at radius 1 is 1.29 bits per heavy atom. The van der Waals surface area contributed by atoms with E-state index in [2.05, 4.69) is 11.8 Å². The predicted molar refractivity (Wildman–Crippen MR) is 128 cm³/mol. The number of hydrogen-bond donors (Lipinski definition) is 0. The first-order valence-corrected chi connectivity index (χ1v) is 11.7. The fraction of sp³-hybridized carbons (Fsp3) is 0.545. The smallest absolute Gasteiger partial charge is 0.270 e. The van der Waals surface area contributed by atoms with Crippen LogP contribution in [-0.2, 0) is 16.6 Å². The summed E-state index contributed by atoms with van der Waals surface area (Å²) in [5, 5.41) is 9.61. The summed E-state index contributed by atoms with van der Waals surface area (Å²) in [6, 6.07) is 2.04. The normalized spacial score (nSPS) is 23.0. The summed E-state index contributed by atoms with van der Waals surface area (Å²) in [6.07, 6.45) is 3.64. The highest BCUT2D eigenvalue weighted by Crippen LogP contribution is 2.36. The van der Waals surface area contributed by atoms with Crippen LogP contribution >= 0.6 is 24.0 Å². The van der Waals surface area contributed by atoms with Crippen LogP contribution in [0.5, 0.6) is 0 Å². The molecule has 0 aliphatic carbocycles. The number of nitrogens with zero attached hydrogens (tertiary/aromatic N) is 4. The zero-order chi connectivity index (χ0) is 22.9. The van der Waals surface area contributed by atoms with Gasteiger partial charge >= 0.3 is 0 Å². The van der Waals surface area contributed by atoms with E-state index in [4.69, 9.17) is 17.0 Å². The monoisotopic (exact) mass is 460 g/mol. The summed E-state index contributed by atoms with van der Waals surface area (Å²) in [4.78, 5) is 30.2. The number of amides is 1. The molecule has 9 heteroatoms. The maximum atomic E-state index is 13.0. The van der Waals surface area contributed by atoms with Crippen LogP contribution in [0.3, 0.4) is 0 Å². The van der Waals surface area contributed by atoms with E-state index < -0.39 is 0 Å². The summed E-state index contributed by atoms with van der Waals surface area (Å²) in [5.74, 6) is 0.576. The molecule has 166 valence electrons. The number of hydrogen-bond acceptors (Lipinski definition) is 7. The minimum Gasteiger partial charge on any atom is -0.372 e. The number of aromatic nitrogens is 1. The van der Waals surface area contributed by atoms with Crippen molar-refractivity contribution >= 4 is 46.1 Å². The van der Waals surface area contributed by atoms with Crippen LogP contribution in [0.15, 0.2) is 9.70 Å². The van der Waals surface area contributed by atoms with Gasteiger partial charge in [0.2, 0.25) is 0 Å². The molecular weight excluding hydrogens is 432 g/mol. The fourth-order valence-corrected chi connectivity index (χ4v) is 5.38. The first-order chi connectivity index (χ1) is 14.7. The third kappa shape index (κ3) is 4.56. The van der Waals surface area contributed by atoms with Gasteiger partial charge in [-0.3, -0.25) is 19.1 Å². The highest BCUT2D eigenvalue weighted by Gasteiger charge is 2.33. The van der Waals surface area contributed by atoms with Crippen LogP contribution in [0.25, 0.3) is 6.08 Å². The Morgan fingerprint density at radius 2 is 1.94 bits per heavy atom. The number of carbonyl (C=O) groups is 1. The summed E-state index contributed by atoms with van der Waals surface area (Å²) >= 11 is 6.70. The van der Waals surface area contributed by atoms with Crippen molar-refractivity contribution in [3.63, 3.8) is 0 Å². The number of morpholine rings is 1. The van der Waals surface area contributed by atoms with Crippen molar-refractivity contribution in [2.45, 2.75) is 52.7 Å². The molecule has 2 unspecified atom stereocenters. The molecule has 1 aromatic rings. The van der Waals surface area contributed by atoms with Crippen molar-refractivity contribution in [1.82, 2.24) is 9.47 Å². The Labute approximate surface area is 192 Å². The third-order valence-electron chi connectivity index (χ3n) is 5.57. The Hall–Kier alpha value is -2.15. The van der Waals surface area contributed by atoms with Gasteiger partial charge in [0.15, 0.2) is 0 Å². The van der Waals surface area contributed by atoms with Gasteiger partial charge in [-0.05, 0) is 38.8 Å². The lowest BCUT2D eigenvalue weighted by molar-refractivity contribution is -0.122. The van der Waals surface area contributed by atoms with E-state index in [-0.39, 0.29) is 29.2 Å². The lowest BCUT2D eigenvalue weighted by atomic mass is 10.0. The highest BCUT2D eigenvalue weighted by atomic mass is 32.2. The molecule has 1 amide bonds. The predicted octanol–water partition coefficient (Wildman–Crippen LogP) is 3.18. The van der Waals surface area contributed by atoms with Crippen LogP contribution in [0.2, 0.25) is 0 Å². The maximum absolute atomic E-state index is 13.0. The second kappa shape index (κ2) is 9.55. The summed E-state index contributed by atoms with van der Waals surface area (Å²) in [5.41, 5.74) is 1.03. The second-order valence-corrected chi connectivity index (χ2v) is 9.74. The van der Waals surface area contributed by atoms with E-state index >= 15 is 0 Å². The molecule has 2 aliphatic rings. The number of rotatable bonds is 5. The molecular formula is C22H28N4O3S2. The van der Waals surface area contributed by atoms with E-state index in [9.17, 15) is 14.9 Å². The Bertz CT molecular complexity index is 1030. The van der Waals surface area contributed by atoms with Crippen LogP contribution in [-0.4, -0.2) is 51.5 Å². The van der Waals surface area contributed by atoms with Crippen molar-refractivity contribution < 1.29 is 9.53 Å². The molecule has 2 atom stereocenters. The number of thioether (sulfide) groups is 1. The lowest BCUT2D eigenvalue weighted by Gasteiger charge is -2.38. The highest BCUT2D eigenvalue weighted by molar-refractivity contribution is 8.26. The van der Waals surface area contributed by atoms with E-state index in [1.807, 2.05) is 19.9 Å². The van der Waals surface area contributed by atoms with Crippen molar-refractivity contribution in [2.24, 2.45) is 7.05 Å². The standard InChI is InChI=1S/C22H28N4O3S2/c1-6-7-8-26-21(28)18(31-22(26)30)9-16-15(4)17(10-23)20(27)24(5)19(16)25-11-13(2)29-14(3)12-25/h9,13-14H,6-8,11-12H2,1-5H3/b18-9-. The quantitative estimate of drug-likeness (QED) is 0.493. The van der Waals surface area contributed by atoms with E-state index in [0.29, 0.717) is 45.8 Å². The molecule has 0 radical (unpaired) electrons. The summed E-state index contributed by atoms with van der Waals surface area (Å²) in [7, 11) is 1.67. The van der Waals surface area contributed by atoms with Crippen LogP contribution in [0.4, 0.5) is 5.82 Å². The fourth-order valence-electron chi connectivity index (χ4n) is 4.09. The summed E-state index contributed by atoms with van der Waals surface area (Å²) in [6.45, 7) is 9.65. The average molecular weight is 461 g/mol. The average Bonchev–Trinajstić information content (AvgIpc) is 2.97. The zero-order valence-corrected chi connectivity index (χ0v) is 20.2. The largest absolute Gasteiger partial charge is 0.372 e. The van der Waals surface area contributed by atoms with Gasteiger partial charge in [-0.15, -0.1) is 0 Å². The number of thiocarbonyl (C=S) groups is 1. The number of pyridine rings is 1. The summed E-state index contributed by atoms with van der Waals surface area (Å²) < 4.78 is 7.92. The number of nitriles is 1. The Morgan fingerprint density at radius 3 is 2.52 bits per heavy atom. The molecule has 0 N–H and O–H groups in total. The minimum atomic E-state index is -0.338. The van der Waals surface area contributed by atoms with Crippen LogP contribution in [0, 0.1) is 18.3 Å². The molecule has 3 heterocycles. The van der Waals surface area contributed by atoms with Gasteiger partial charge in [0, 0.05) is 32.2 Å². The van der Waals surface area contributed by atoms with E-state index in [0.717, 1.165) is 12.8 Å². The molecule has 3 rings (SSSR count). The molecule has 7 nitrogen and oxygen atoms in total. The topological polar surface area (TPSA) is 78.6 Å². The van der Waals surface area contributed by atoms with Gasteiger partial charge < -0.3 is 9.64 Å². The third-order valence-corrected chi connectivity index (χ3v) is 6.95. The minimum absolute atomic E-state index is 0.00472. The molecule has 0 spiro atoms. The van der Waals surface area contributed by atoms with Gasteiger partial charge in [0.05, 0.1) is 17.1 Å². The zero-order valence-electron chi connectivity index (χ0n) is 18.6. The van der Waals surface area contributed by atoms with E-state index in [1.54, 1.807) is 24.9 Å². The van der Waals surface area contributed by atoms with Gasteiger partial charge in [-0.25, -0.2) is 0 Å². The van der Waals surface area contributed by atoms with Crippen LogP contribution < -0.4 is 10.5 Å². The molecule has 0 saturated carbocycles. The number of anilines is 1. The number of ether oxygens (including phenoxy) is 1. The van der Waals surface area contributed by atoms with Crippen molar-refractivity contribution in [1.29, 1.82) is 5.26 Å². The Kier molecular flexibility index (Phi) is 7.24. The van der Waals surface area contributed by atoms with Crippen molar-refractivity contribution in [3.8, 4) is 6.07 Å². The first kappa shape index (κ1) is 23.5. The lowest BCUT2D eigenvalue weighted by Crippen LogP contribution is -2.47. The van der Waals surface area contributed by atoms with Crippen molar-refractivity contribution in [2.75, 3.05) is 24.5 Å². The molecule has 31 heavy (non-hydrogen) atoms. The Balaban J connectivity index is 2.15. The molecule has 2 aliphatic heterocycles.